The Morgan fingerprint density at radius 3 is 2.70 bits per heavy atom. The van der Waals surface area contributed by atoms with Crippen LogP contribution in [0, 0.1) is 0 Å². The van der Waals surface area contributed by atoms with Gasteiger partial charge in [-0.3, -0.25) is 4.79 Å². The fourth-order valence-electron chi connectivity index (χ4n) is 3.19. The summed E-state index contributed by atoms with van der Waals surface area (Å²) in [6, 6.07) is 10.7. The van der Waals surface area contributed by atoms with Crippen LogP contribution in [-0.2, 0) is 0 Å². The number of hydrogen-bond acceptors (Lipinski definition) is 5. The summed E-state index contributed by atoms with van der Waals surface area (Å²) in [6.45, 7) is 4.30. The van der Waals surface area contributed by atoms with Gasteiger partial charge in [-0.1, -0.05) is 35.3 Å². The topological polar surface area (TPSA) is 73.1 Å². The number of nitrogens with zero attached hydrogens (tertiary/aromatic N) is 5. The Balaban J connectivity index is 1.87. The van der Waals surface area contributed by atoms with Crippen molar-refractivity contribution < 1.29 is 9.53 Å². The van der Waals surface area contributed by atoms with Gasteiger partial charge in [0.15, 0.2) is 0 Å². The number of amides is 1. The van der Waals surface area contributed by atoms with E-state index >= 15 is 0 Å². The van der Waals surface area contributed by atoms with Crippen LogP contribution >= 0.6 is 23.2 Å². The molecular weight excluding hydrogens is 425 g/mol. The number of methoxy groups -OCH3 is 1. The van der Waals surface area contributed by atoms with Gasteiger partial charge in [0.25, 0.3) is 5.91 Å². The third-order valence-electron chi connectivity index (χ3n) is 4.73. The van der Waals surface area contributed by atoms with E-state index in [9.17, 15) is 4.79 Å². The Morgan fingerprint density at radius 2 is 2.07 bits per heavy atom. The number of carbonyl (C=O) groups excluding carboxylic acids is 1. The first-order valence-electron chi connectivity index (χ1n) is 9.17. The molecule has 0 bridgehead atoms. The predicted molar refractivity (Wildman–Crippen MR) is 117 cm³/mol. The van der Waals surface area contributed by atoms with Crippen LogP contribution in [0.15, 0.2) is 55.4 Å². The van der Waals surface area contributed by atoms with Crippen molar-refractivity contribution >= 4 is 29.1 Å². The third-order valence-corrected chi connectivity index (χ3v) is 5.47. The monoisotopic (exact) mass is 445 g/mol. The van der Waals surface area contributed by atoms with Gasteiger partial charge < -0.3 is 9.64 Å². The lowest BCUT2D eigenvalue weighted by atomic mass is 9.95. The lowest BCUT2D eigenvalue weighted by molar-refractivity contribution is 0.0783. The largest absolute Gasteiger partial charge is 0.496 e. The molecule has 1 amide bonds. The minimum absolute atomic E-state index is 0.0138. The molecule has 30 heavy (non-hydrogen) atoms. The second kappa shape index (κ2) is 9.73. The van der Waals surface area contributed by atoms with Gasteiger partial charge in [-0.15, -0.1) is 11.7 Å². The average molecular weight is 446 g/mol. The van der Waals surface area contributed by atoms with Crippen LogP contribution in [0.3, 0.4) is 0 Å². The van der Waals surface area contributed by atoms with E-state index < -0.39 is 0 Å². The van der Waals surface area contributed by atoms with Gasteiger partial charge >= 0.3 is 0 Å². The van der Waals surface area contributed by atoms with Crippen LogP contribution in [0.5, 0.6) is 5.75 Å². The fourth-order valence-corrected chi connectivity index (χ4v) is 3.49. The highest BCUT2D eigenvalue weighted by molar-refractivity contribution is 6.42. The first-order valence-corrected chi connectivity index (χ1v) is 9.93. The number of allylic oxidation sites excluding steroid dienone is 1. The number of rotatable bonds is 8. The molecule has 1 atom stereocenters. The Labute approximate surface area is 184 Å². The maximum absolute atomic E-state index is 13.3. The minimum Gasteiger partial charge on any atom is -0.496 e. The standard InChI is InChI=1S/C21H21Cl2N5O2/c1-4-5-15(14-6-8-18(22)19(23)10-14)12-27(2)21(29)17-11-16(7-9-20(17)30-3)28-13-24-25-26-28/h4,6-11,13,15H,1,5,12H2,2-3H3/t15-/m1/s1. The zero-order valence-corrected chi connectivity index (χ0v) is 18.1. The van der Waals surface area contributed by atoms with Crippen molar-refractivity contribution in [3.05, 3.63) is 76.6 Å². The van der Waals surface area contributed by atoms with Gasteiger partial charge in [-0.05, 0) is 52.7 Å². The van der Waals surface area contributed by atoms with Crippen molar-refractivity contribution in [3.63, 3.8) is 0 Å². The SMILES string of the molecule is C=CC[C@H](CN(C)C(=O)c1cc(-n2cnnn2)ccc1OC)c1ccc(Cl)c(Cl)c1. The molecule has 0 unspecified atom stereocenters. The van der Waals surface area contributed by atoms with E-state index in [1.54, 1.807) is 36.2 Å². The number of ether oxygens (including phenoxy) is 1. The zero-order chi connectivity index (χ0) is 21.7. The molecule has 3 aromatic rings. The zero-order valence-electron chi connectivity index (χ0n) is 16.6. The maximum Gasteiger partial charge on any atom is 0.257 e. The van der Waals surface area contributed by atoms with Crippen LogP contribution in [0.1, 0.15) is 28.3 Å². The average Bonchev–Trinajstić information content (AvgIpc) is 3.29. The molecule has 156 valence electrons. The normalized spacial score (nSPS) is 11.7. The fraction of sp³-hybridized carbons (Fsp3) is 0.238. The van der Waals surface area contributed by atoms with Gasteiger partial charge in [0.2, 0.25) is 0 Å². The molecule has 0 fully saturated rings. The molecule has 3 rings (SSSR count). The van der Waals surface area contributed by atoms with Crippen LogP contribution in [0.2, 0.25) is 10.0 Å². The van der Waals surface area contributed by atoms with Gasteiger partial charge in [0.1, 0.15) is 12.1 Å². The Morgan fingerprint density at radius 1 is 1.27 bits per heavy atom. The highest BCUT2D eigenvalue weighted by Gasteiger charge is 2.22. The first-order chi connectivity index (χ1) is 14.4. The summed E-state index contributed by atoms with van der Waals surface area (Å²) in [4.78, 5) is 14.9. The van der Waals surface area contributed by atoms with E-state index in [0.29, 0.717) is 40.0 Å². The van der Waals surface area contributed by atoms with E-state index in [-0.39, 0.29) is 11.8 Å². The lowest BCUT2D eigenvalue weighted by Gasteiger charge is -2.25. The minimum atomic E-state index is -0.184. The molecule has 0 N–H and O–H groups in total. The number of aromatic nitrogens is 4. The van der Waals surface area contributed by atoms with Gasteiger partial charge in [0.05, 0.1) is 28.4 Å². The molecule has 0 saturated carbocycles. The summed E-state index contributed by atoms with van der Waals surface area (Å²) < 4.78 is 6.88. The van der Waals surface area contributed by atoms with Gasteiger partial charge in [-0.2, -0.15) is 0 Å². The summed E-state index contributed by atoms with van der Waals surface area (Å²) in [6.07, 6.45) is 3.96. The molecule has 1 heterocycles. The number of hydrogen-bond donors (Lipinski definition) is 0. The number of halogens is 2. The van der Waals surface area contributed by atoms with Gasteiger partial charge in [-0.25, -0.2) is 4.68 Å². The summed E-state index contributed by atoms with van der Waals surface area (Å²) in [5.41, 5.74) is 2.06. The number of likely N-dealkylation sites (N-methyl/N-ethyl adjacent to an activating group) is 1. The highest BCUT2D eigenvalue weighted by Crippen LogP contribution is 2.30. The van der Waals surface area contributed by atoms with Crippen molar-refractivity contribution in [2.24, 2.45) is 0 Å². The molecular formula is C21H21Cl2N5O2. The van der Waals surface area contributed by atoms with Crippen LogP contribution in [-0.4, -0.2) is 51.7 Å². The smallest absolute Gasteiger partial charge is 0.257 e. The van der Waals surface area contributed by atoms with Crippen LogP contribution in [0.4, 0.5) is 0 Å². The molecule has 0 aliphatic heterocycles. The van der Waals surface area contributed by atoms with Crippen molar-refractivity contribution in [2.45, 2.75) is 12.3 Å². The molecule has 9 heteroatoms. The molecule has 0 aliphatic carbocycles. The van der Waals surface area contributed by atoms with E-state index in [2.05, 4.69) is 22.1 Å². The first kappa shape index (κ1) is 21.8. The second-order valence-corrected chi connectivity index (χ2v) is 7.53. The van der Waals surface area contributed by atoms with E-state index in [4.69, 9.17) is 27.9 Å². The van der Waals surface area contributed by atoms with Crippen molar-refractivity contribution in [1.29, 1.82) is 0 Å². The Kier molecular flexibility index (Phi) is 7.07. The number of carbonyl (C=O) groups is 1. The molecule has 1 aromatic heterocycles. The second-order valence-electron chi connectivity index (χ2n) is 6.72. The molecule has 7 nitrogen and oxygen atoms in total. The third kappa shape index (κ3) is 4.80. The molecule has 0 saturated heterocycles. The maximum atomic E-state index is 13.3. The number of tetrazole rings is 1. The van der Waals surface area contributed by atoms with E-state index in [0.717, 1.165) is 5.56 Å². The van der Waals surface area contributed by atoms with E-state index in [1.807, 2.05) is 18.2 Å². The van der Waals surface area contributed by atoms with Gasteiger partial charge in [0, 0.05) is 19.5 Å². The predicted octanol–water partition coefficient (Wildman–Crippen LogP) is 4.41. The molecule has 0 spiro atoms. The summed E-state index contributed by atoms with van der Waals surface area (Å²) >= 11 is 12.2. The number of benzene rings is 2. The molecule has 2 aromatic carbocycles. The molecule has 0 aliphatic rings. The summed E-state index contributed by atoms with van der Waals surface area (Å²) in [5, 5.41) is 12.1. The van der Waals surface area contributed by atoms with Crippen LogP contribution < -0.4 is 4.74 Å². The Hall–Kier alpha value is -2.90. The summed E-state index contributed by atoms with van der Waals surface area (Å²) in [7, 11) is 3.28. The highest BCUT2D eigenvalue weighted by atomic mass is 35.5. The van der Waals surface area contributed by atoms with Crippen LogP contribution in [0.25, 0.3) is 5.69 Å². The lowest BCUT2D eigenvalue weighted by Crippen LogP contribution is -2.31. The quantitative estimate of drug-likeness (QED) is 0.480. The van der Waals surface area contributed by atoms with Crippen molar-refractivity contribution in [1.82, 2.24) is 25.1 Å². The van der Waals surface area contributed by atoms with Crippen molar-refractivity contribution in [3.8, 4) is 11.4 Å². The Bertz CT molecular complexity index is 1040. The van der Waals surface area contributed by atoms with Crippen molar-refractivity contribution in [2.75, 3.05) is 20.7 Å². The molecule has 0 radical (unpaired) electrons. The van der Waals surface area contributed by atoms with E-state index in [1.165, 1.54) is 18.1 Å². The summed E-state index contributed by atoms with van der Waals surface area (Å²) in [5.74, 6) is 0.300.